The SMILES string of the molecule is CC(=O)O[C@H](C[C@H](C)C1=C2C[C@@H](O)[C@@H]3[C@]4(C)CCC(=O)C(C)(C)[C@H]4CC[C@@]3(C)[C@]2(C)CC1=O)[C@@H]1OC1(C)C. The number of carbonyl (C=O) groups is 3. The van der Waals surface area contributed by atoms with Crippen molar-refractivity contribution in [3.63, 3.8) is 0 Å². The minimum absolute atomic E-state index is 0.0341. The highest BCUT2D eigenvalue weighted by molar-refractivity contribution is 6.00. The fourth-order valence-electron chi connectivity index (χ4n) is 10.3. The number of allylic oxidation sites excluding steroid dienone is 1. The van der Waals surface area contributed by atoms with Gasteiger partial charge in [-0.2, -0.15) is 0 Å². The summed E-state index contributed by atoms with van der Waals surface area (Å²) in [6, 6.07) is 0. The molecule has 5 aliphatic rings. The van der Waals surface area contributed by atoms with Gasteiger partial charge in [-0.15, -0.1) is 0 Å². The number of fused-ring (bicyclic) bond motifs is 5. The number of ketones is 2. The molecular weight excluding hydrogens is 480 g/mol. The average Bonchev–Trinajstić information content (AvgIpc) is 3.32. The van der Waals surface area contributed by atoms with E-state index in [1.807, 2.05) is 13.8 Å². The van der Waals surface area contributed by atoms with Gasteiger partial charge in [0, 0.05) is 30.6 Å². The summed E-state index contributed by atoms with van der Waals surface area (Å²) in [6.07, 6.45) is 3.59. The lowest BCUT2D eigenvalue weighted by molar-refractivity contribution is -0.208. The van der Waals surface area contributed by atoms with Crippen molar-refractivity contribution in [1.82, 2.24) is 0 Å². The van der Waals surface area contributed by atoms with Gasteiger partial charge >= 0.3 is 5.97 Å². The third-order valence-corrected chi connectivity index (χ3v) is 12.3. The minimum Gasteiger partial charge on any atom is -0.460 e. The van der Waals surface area contributed by atoms with E-state index in [-0.39, 0.29) is 62.9 Å². The largest absolute Gasteiger partial charge is 0.460 e. The van der Waals surface area contributed by atoms with E-state index in [0.717, 1.165) is 30.4 Å². The van der Waals surface area contributed by atoms with E-state index < -0.39 is 12.2 Å². The summed E-state index contributed by atoms with van der Waals surface area (Å²) in [4.78, 5) is 38.6. The number of hydrogen-bond donors (Lipinski definition) is 1. The molecule has 0 unspecified atom stereocenters. The maximum atomic E-state index is 13.8. The lowest BCUT2D eigenvalue weighted by Gasteiger charge is -2.68. The molecule has 0 aromatic heterocycles. The van der Waals surface area contributed by atoms with Crippen molar-refractivity contribution in [2.75, 3.05) is 0 Å². The molecule has 0 bridgehead atoms. The van der Waals surface area contributed by atoms with Crippen molar-refractivity contribution in [2.24, 2.45) is 39.4 Å². The number of carbonyl (C=O) groups excluding carboxylic acids is 3. The molecule has 1 aliphatic heterocycles. The highest BCUT2D eigenvalue weighted by atomic mass is 16.6. The van der Waals surface area contributed by atoms with Gasteiger partial charge in [0.05, 0.1) is 11.7 Å². The van der Waals surface area contributed by atoms with Crippen molar-refractivity contribution in [3.05, 3.63) is 11.1 Å². The molecule has 3 saturated carbocycles. The molecule has 0 spiro atoms. The number of epoxide rings is 1. The molecule has 1 saturated heterocycles. The van der Waals surface area contributed by atoms with Gasteiger partial charge in [-0.3, -0.25) is 14.4 Å². The molecule has 1 heterocycles. The molecule has 1 N–H and O–H groups in total. The third kappa shape index (κ3) is 3.75. The lowest BCUT2D eigenvalue weighted by Crippen LogP contribution is -2.65. The number of rotatable bonds is 5. The van der Waals surface area contributed by atoms with Crippen molar-refractivity contribution in [3.8, 4) is 0 Å². The van der Waals surface area contributed by atoms with E-state index in [1.54, 1.807) is 0 Å². The van der Waals surface area contributed by atoms with Gasteiger partial charge in [0.25, 0.3) is 0 Å². The van der Waals surface area contributed by atoms with Gasteiger partial charge in [0.2, 0.25) is 0 Å². The Morgan fingerprint density at radius 3 is 2.32 bits per heavy atom. The Balaban J connectivity index is 1.50. The summed E-state index contributed by atoms with van der Waals surface area (Å²) < 4.78 is 11.5. The molecule has 5 rings (SSSR count). The Kier molecular flexibility index (Phi) is 6.26. The van der Waals surface area contributed by atoms with Crippen molar-refractivity contribution in [1.29, 1.82) is 0 Å². The molecule has 0 aromatic rings. The predicted molar refractivity (Wildman–Crippen MR) is 144 cm³/mol. The van der Waals surface area contributed by atoms with E-state index in [9.17, 15) is 19.5 Å². The number of hydrogen-bond acceptors (Lipinski definition) is 6. The molecular formula is C32H48O6. The molecule has 6 nitrogen and oxygen atoms in total. The Hall–Kier alpha value is -1.53. The van der Waals surface area contributed by atoms with E-state index in [0.29, 0.717) is 31.5 Å². The smallest absolute Gasteiger partial charge is 0.302 e. The van der Waals surface area contributed by atoms with Crippen LogP contribution in [0.5, 0.6) is 0 Å². The Labute approximate surface area is 228 Å². The zero-order valence-corrected chi connectivity index (χ0v) is 24.9. The molecule has 0 amide bonds. The van der Waals surface area contributed by atoms with Crippen LogP contribution >= 0.6 is 0 Å². The summed E-state index contributed by atoms with van der Waals surface area (Å²) in [5, 5.41) is 11.9. The van der Waals surface area contributed by atoms with Crippen molar-refractivity contribution < 1.29 is 29.0 Å². The first-order valence-corrected chi connectivity index (χ1v) is 14.7. The van der Waals surface area contributed by atoms with Crippen LogP contribution in [0.25, 0.3) is 0 Å². The second-order valence-corrected chi connectivity index (χ2v) is 15.2. The highest BCUT2D eigenvalue weighted by Crippen LogP contribution is 2.73. The minimum atomic E-state index is -0.553. The first-order chi connectivity index (χ1) is 17.4. The van der Waals surface area contributed by atoms with Crippen LogP contribution in [-0.2, 0) is 23.9 Å². The number of aliphatic hydroxyl groups excluding tert-OH is 1. The second-order valence-electron chi connectivity index (χ2n) is 15.2. The molecule has 38 heavy (non-hydrogen) atoms. The molecule has 6 heteroatoms. The third-order valence-electron chi connectivity index (χ3n) is 12.3. The fraction of sp³-hybridized carbons (Fsp3) is 0.844. The van der Waals surface area contributed by atoms with Crippen LogP contribution in [0.1, 0.15) is 107 Å². The first-order valence-electron chi connectivity index (χ1n) is 14.7. The van der Waals surface area contributed by atoms with E-state index in [1.165, 1.54) is 6.92 Å². The summed E-state index contributed by atoms with van der Waals surface area (Å²) in [7, 11) is 0. The van der Waals surface area contributed by atoms with Crippen LogP contribution in [0, 0.1) is 39.4 Å². The van der Waals surface area contributed by atoms with Gasteiger partial charge < -0.3 is 14.6 Å². The van der Waals surface area contributed by atoms with Gasteiger partial charge in [-0.1, -0.05) is 47.1 Å². The Bertz CT molecular complexity index is 1100. The van der Waals surface area contributed by atoms with E-state index in [2.05, 4.69) is 41.5 Å². The highest BCUT2D eigenvalue weighted by Gasteiger charge is 2.70. The van der Waals surface area contributed by atoms with Crippen LogP contribution in [-0.4, -0.2) is 46.6 Å². The molecule has 4 fully saturated rings. The van der Waals surface area contributed by atoms with Crippen molar-refractivity contribution >= 4 is 17.5 Å². The quantitative estimate of drug-likeness (QED) is 0.369. The van der Waals surface area contributed by atoms with Crippen LogP contribution < -0.4 is 0 Å². The summed E-state index contributed by atoms with van der Waals surface area (Å²) >= 11 is 0. The standard InChI is InChI=1S/C32H48O6/c1-17(14-22(37-18(2)33)27-29(5,6)38-27)25-19-15-20(34)26-30(7)12-11-24(36)28(3,4)23(30)10-13-31(26,8)32(19,9)16-21(25)35/h17,20,22-23,26-27,34H,10-16H2,1-9H3/t17-,20+,22+,23+,26+,27-,30+,31+,32+/m0/s1. The van der Waals surface area contributed by atoms with E-state index >= 15 is 0 Å². The summed E-state index contributed by atoms with van der Waals surface area (Å²) in [6.45, 7) is 18.6. The number of Topliss-reactive ketones (excluding diaryl/α,β-unsaturated/α-hetero) is 2. The van der Waals surface area contributed by atoms with Crippen LogP contribution in [0.4, 0.5) is 0 Å². The number of aliphatic hydroxyl groups is 1. The van der Waals surface area contributed by atoms with Crippen LogP contribution in [0.2, 0.25) is 0 Å². The van der Waals surface area contributed by atoms with Gasteiger partial charge in [0.15, 0.2) is 5.78 Å². The normalized spacial score (nSPS) is 44.6. The zero-order chi connectivity index (χ0) is 28.2. The molecule has 4 aliphatic carbocycles. The summed E-state index contributed by atoms with van der Waals surface area (Å²) in [5.74, 6) is 0.350. The maximum Gasteiger partial charge on any atom is 0.302 e. The average molecular weight is 529 g/mol. The number of esters is 1. The maximum absolute atomic E-state index is 13.8. The predicted octanol–water partition coefficient (Wildman–Crippen LogP) is 5.59. The van der Waals surface area contributed by atoms with Crippen molar-refractivity contribution in [2.45, 2.75) is 131 Å². The second kappa shape index (κ2) is 8.49. The fourth-order valence-corrected chi connectivity index (χ4v) is 10.3. The molecule has 9 atom stereocenters. The van der Waals surface area contributed by atoms with Crippen LogP contribution in [0.15, 0.2) is 11.1 Å². The Morgan fingerprint density at radius 1 is 1.11 bits per heavy atom. The summed E-state index contributed by atoms with van der Waals surface area (Å²) in [5.41, 5.74) is 0.516. The first kappa shape index (κ1) is 28.0. The van der Waals surface area contributed by atoms with Gasteiger partial charge in [0.1, 0.15) is 18.0 Å². The monoisotopic (exact) mass is 528 g/mol. The van der Waals surface area contributed by atoms with Gasteiger partial charge in [-0.05, 0) is 80.1 Å². The zero-order valence-electron chi connectivity index (χ0n) is 24.9. The molecule has 0 aromatic carbocycles. The van der Waals surface area contributed by atoms with Gasteiger partial charge in [-0.25, -0.2) is 0 Å². The molecule has 0 radical (unpaired) electrons. The van der Waals surface area contributed by atoms with E-state index in [4.69, 9.17) is 9.47 Å². The van der Waals surface area contributed by atoms with Crippen LogP contribution in [0.3, 0.4) is 0 Å². The topological polar surface area (TPSA) is 93.2 Å². The molecule has 212 valence electrons. The number of ether oxygens (including phenoxy) is 2. The Morgan fingerprint density at radius 2 is 1.74 bits per heavy atom. The lowest BCUT2D eigenvalue weighted by atomic mass is 9.36.